The predicted molar refractivity (Wildman–Crippen MR) is 223 cm³/mol. The van der Waals surface area contributed by atoms with E-state index in [0.29, 0.717) is 11.1 Å². The van der Waals surface area contributed by atoms with Gasteiger partial charge in [-0.2, -0.15) is 0 Å². The minimum Gasteiger partial charge on any atom is -0.481 e. The summed E-state index contributed by atoms with van der Waals surface area (Å²) in [4.78, 5) is 127. The van der Waals surface area contributed by atoms with E-state index in [9.17, 15) is 48.3 Å². The van der Waals surface area contributed by atoms with Crippen molar-refractivity contribution in [2.24, 2.45) is 17.4 Å². The van der Waals surface area contributed by atoms with Crippen LogP contribution >= 0.6 is 0 Å². The fraction of sp³-hybridized carbons (Fsp3) is 0.415. The van der Waals surface area contributed by atoms with Crippen molar-refractivity contribution >= 4 is 70.1 Å². The van der Waals surface area contributed by atoms with E-state index in [0.717, 1.165) is 17.8 Å². The Labute approximate surface area is 356 Å². The van der Waals surface area contributed by atoms with Gasteiger partial charge < -0.3 is 58.6 Å². The zero-order chi connectivity index (χ0) is 46.5. The van der Waals surface area contributed by atoms with Gasteiger partial charge in [0.1, 0.15) is 30.2 Å². The third kappa shape index (κ3) is 18.7. The van der Waals surface area contributed by atoms with Crippen molar-refractivity contribution < 1.29 is 58.2 Å². The Bertz CT molecular complexity index is 2070. The number of aromatic nitrogens is 1. The van der Waals surface area contributed by atoms with Crippen LogP contribution in [0.2, 0.25) is 0 Å². The van der Waals surface area contributed by atoms with Crippen molar-refractivity contribution in [3.05, 3.63) is 71.9 Å². The summed E-state index contributed by atoms with van der Waals surface area (Å²) in [5.41, 5.74) is 12.6. The van der Waals surface area contributed by atoms with Crippen molar-refractivity contribution in [1.29, 1.82) is 0 Å². The van der Waals surface area contributed by atoms with Gasteiger partial charge in [0.15, 0.2) is 0 Å². The second-order valence-electron chi connectivity index (χ2n) is 14.7. The lowest BCUT2D eigenvalue weighted by Gasteiger charge is -2.27. The number of aliphatic carboxylic acids is 2. The molecular weight excluding hydrogens is 811 g/mol. The molecule has 0 aliphatic carbocycles. The van der Waals surface area contributed by atoms with E-state index in [-0.39, 0.29) is 25.2 Å². The van der Waals surface area contributed by atoms with Gasteiger partial charge in [-0.25, -0.2) is 0 Å². The van der Waals surface area contributed by atoms with E-state index in [1.54, 1.807) is 74.6 Å². The lowest BCUT2D eigenvalue weighted by Crippen LogP contribution is -2.60. The average molecular weight is 866 g/mol. The van der Waals surface area contributed by atoms with E-state index in [4.69, 9.17) is 21.4 Å². The zero-order valence-electron chi connectivity index (χ0n) is 34.8. The Balaban J connectivity index is 0.00000316. The Hall–Kier alpha value is -7.32. The molecule has 0 aliphatic heterocycles. The molecule has 0 unspecified atom stereocenters. The molecule has 21 nitrogen and oxygen atoms in total. The summed E-state index contributed by atoms with van der Waals surface area (Å²) in [6.07, 6.45) is -0.0904. The number of hydrogen-bond acceptors (Lipinski definition) is 10. The molecule has 2 aromatic carbocycles. The number of nitrogens with one attached hydrogen (secondary N) is 7. The average Bonchev–Trinajstić information content (AvgIpc) is 3.59. The number of H-pyrrole nitrogens is 1. The van der Waals surface area contributed by atoms with Crippen LogP contribution in [0.5, 0.6) is 0 Å². The smallest absolute Gasteiger partial charge is 0.305 e. The highest BCUT2D eigenvalue weighted by Gasteiger charge is 2.34. The Morgan fingerprint density at radius 1 is 0.629 bits per heavy atom. The molecule has 0 saturated carbocycles. The molecule has 21 heteroatoms. The van der Waals surface area contributed by atoms with Gasteiger partial charge in [-0.05, 0) is 36.0 Å². The molecule has 1 aromatic heterocycles. The minimum atomic E-state index is -1.74. The number of aromatic amines is 1. The van der Waals surface area contributed by atoms with Gasteiger partial charge in [0.05, 0.1) is 13.0 Å². The number of primary amides is 2. The minimum absolute atomic E-state index is 0.0150. The second kappa shape index (κ2) is 25.3. The summed E-state index contributed by atoms with van der Waals surface area (Å²) in [5.74, 6) is -9.09. The monoisotopic (exact) mass is 865 g/mol. The maximum Gasteiger partial charge on any atom is 0.305 e. The van der Waals surface area contributed by atoms with Gasteiger partial charge in [-0.1, -0.05) is 62.4 Å². The van der Waals surface area contributed by atoms with Crippen molar-refractivity contribution in [3.8, 4) is 0 Å². The van der Waals surface area contributed by atoms with Crippen LogP contribution in [-0.2, 0) is 60.8 Å². The first kappa shape index (κ1) is 50.8. The number of carbonyl (C=O) groups excluding carboxylic acids is 8. The summed E-state index contributed by atoms with van der Waals surface area (Å²) >= 11 is 0. The molecule has 3 rings (SSSR count). The molecule has 3 aromatic rings. The van der Waals surface area contributed by atoms with Crippen LogP contribution in [0.25, 0.3) is 10.9 Å². The number of fused-ring (bicyclic) bond motifs is 1. The standard InChI is InChI=1S/C39H51N9O10.C2H4O2/c1-21(2)15-28(44-22(3)49)37(56)48-31(18-34(52)53)39(58)45-27(13-14-32(40)50)36(55)47-30(17-24-19-42-26-12-8-7-11-25(24)26)38(57)46-29(35(54)43-20-33(41)51)16-23-9-5-4-6-10-23;1-2(3)4/h4-12,19,21,27-31,42H,13-18,20H2,1-3H3,(H2,40,50)(H2,41,51)(H,43,54)(H,44,49)(H,45,58)(H,46,57)(H,47,55)(H,48,56)(H,52,53);1H3,(H,3,4)/t27-,28-,29-,30-,31-;/m0./s1. The zero-order valence-corrected chi connectivity index (χ0v) is 34.8. The van der Waals surface area contributed by atoms with E-state index in [1.807, 2.05) is 0 Å². The van der Waals surface area contributed by atoms with Crippen molar-refractivity contribution in [1.82, 2.24) is 36.9 Å². The van der Waals surface area contributed by atoms with E-state index in [1.165, 1.54) is 6.92 Å². The maximum absolute atomic E-state index is 14.2. The number of carboxylic acid groups (broad SMARTS) is 2. The van der Waals surface area contributed by atoms with Crippen molar-refractivity contribution in [3.63, 3.8) is 0 Å². The lowest BCUT2D eigenvalue weighted by molar-refractivity contribution is -0.141. The number of carboxylic acids is 2. The fourth-order valence-corrected chi connectivity index (χ4v) is 6.06. The topological polar surface area (TPSA) is 351 Å². The normalized spacial score (nSPS) is 13.0. The molecule has 13 N–H and O–H groups in total. The first-order valence-corrected chi connectivity index (χ1v) is 19.5. The molecule has 0 spiro atoms. The van der Waals surface area contributed by atoms with Crippen LogP contribution in [0.15, 0.2) is 60.8 Å². The molecule has 5 atom stereocenters. The molecular formula is C41H55N9O12. The van der Waals surface area contributed by atoms with Gasteiger partial charge in [0.25, 0.3) is 5.97 Å². The summed E-state index contributed by atoms with van der Waals surface area (Å²) in [6, 6.07) is 8.72. The van der Waals surface area contributed by atoms with Gasteiger partial charge in [0, 0.05) is 50.2 Å². The van der Waals surface area contributed by atoms with E-state index >= 15 is 0 Å². The number of hydrogen-bond donors (Lipinski definition) is 11. The number of amides is 8. The largest absolute Gasteiger partial charge is 0.481 e. The van der Waals surface area contributed by atoms with E-state index < -0.39 is 115 Å². The maximum atomic E-state index is 14.2. The first-order valence-electron chi connectivity index (χ1n) is 19.5. The SMILES string of the molecule is CC(=O)N[C@@H](CC(C)C)C(=O)N[C@@H](CC(=O)O)C(=O)N[C@@H](CCC(N)=O)C(=O)N[C@@H](Cc1c[nH]c2ccccc12)C(=O)N[C@@H](Cc1ccccc1)C(=O)NCC(N)=O.CC(=O)O. The fourth-order valence-electron chi connectivity index (χ4n) is 6.06. The van der Waals surface area contributed by atoms with Crippen LogP contribution in [0, 0.1) is 5.92 Å². The van der Waals surface area contributed by atoms with E-state index in [2.05, 4.69) is 36.9 Å². The van der Waals surface area contributed by atoms with Gasteiger partial charge in [-0.3, -0.25) is 47.9 Å². The second-order valence-corrected chi connectivity index (χ2v) is 14.7. The van der Waals surface area contributed by atoms with Crippen molar-refractivity contribution in [2.45, 2.75) is 96.4 Å². The van der Waals surface area contributed by atoms with Crippen LogP contribution in [0.4, 0.5) is 0 Å². The van der Waals surface area contributed by atoms with Crippen LogP contribution in [0.1, 0.15) is 64.5 Å². The molecule has 0 aliphatic rings. The third-order valence-corrected chi connectivity index (χ3v) is 8.81. The Morgan fingerprint density at radius 3 is 1.71 bits per heavy atom. The highest BCUT2D eigenvalue weighted by molar-refractivity contribution is 5.98. The molecule has 336 valence electrons. The first-order chi connectivity index (χ1) is 29.2. The molecule has 0 radical (unpaired) electrons. The van der Waals surface area contributed by atoms with Crippen molar-refractivity contribution in [2.75, 3.05) is 6.54 Å². The third-order valence-electron chi connectivity index (χ3n) is 8.81. The highest BCUT2D eigenvalue weighted by atomic mass is 16.4. The summed E-state index contributed by atoms with van der Waals surface area (Å²) in [5, 5.41) is 32.6. The molecule has 8 amide bonds. The predicted octanol–water partition coefficient (Wildman–Crippen LogP) is -1.12. The molecule has 0 bridgehead atoms. The van der Waals surface area contributed by atoms with Gasteiger partial charge >= 0.3 is 5.97 Å². The Kier molecular flexibility index (Phi) is 20.8. The number of rotatable bonds is 23. The number of nitrogens with two attached hydrogens (primary N) is 2. The molecule has 1 heterocycles. The van der Waals surface area contributed by atoms with Crippen LogP contribution in [-0.4, -0.2) is 111 Å². The number of carbonyl (C=O) groups is 10. The summed E-state index contributed by atoms with van der Waals surface area (Å²) in [7, 11) is 0. The highest BCUT2D eigenvalue weighted by Crippen LogP contribution is 2.20. The van der Waals surface area contributed by atoms with Crippen LogP contribution < -0.4 is 43.4 Å². The number of benzene rings is 2. The Morgan fingerprint density at radius 2 is 1.15 bits per heavy atom. The lowest BCUT2D eigenvalue weighted by atomic mass is 10.0. The molecule has 62 heavy (non-hydrogen) atoms. The van der Waals surface area contributed by atoms with Gasteiger partial charge in [0.2, 0.25) is 47.3 Å². The van der Waals surface area contributed by atoms with Crippen LogP contribution in [0.3, 0.4) is 0 Å². The van der Waals surface area contributed by atoms with Gasteiger partial charge in [-0.15, -0.1) is 0 Å². The number of para-hydroxylation sites is 1. The molecule has 0 fully saturated rings. The summed E-state index contributed by atoms with van der Waals surface area (Å²) in [6.45, 7) is 5.35. The molecule has 0 saturated heterocycles. The summed E-state index contributed by atoms with van der Waals surface area (Å²) < 4.78 is 0. The quantitative estimate of drug-likeness (QED) is 0.0540.